The van der Waals surface area contributed by atoms with Crippen LogP contribution in [0.4, 0.5) is 0 Å². The van der Waals surface area contributed by atoms with Gasteiger partial charge in [0, 0.05) is 6.42 Å². The lowest BCUT2D eigenvalue weighted by Gasteiger charge is -2.32. The standard InChI is InChI=1S/C13H15ClN2O/c1-13(2)8-11(14)15-16(12(13)17)9-10-6-4-3-5-7-10/h3-7H,8-9H2,1-2H3. The van der Waals surface area contributed by atoms with E-state index in [-0.39, 0.29) is 5.91 Å². The molecule has 0 radical (unpaired) electrons. The molecule has 0 N–H and O–H groups in total. The van der Waals surface area contributed by atoms with Crippen LogP contribution in [0.3, 0.4) is 0 Å². The van der Waals surface area contributed by atoms with Crippen molar-refractivity contribution in [3.8, 4) is 0 Å². The lowest BCUT2D eigenvalue weighted by atomic mass is 9.87. The van der Waals surface area contributed by atoms with Crippen LogP contribution in [-0.4, -0.2) is 16.1 Å². The number of hydrogen-bond acceptors (Lipinski definition) is 2. The fourth-order valence-electron chi connectivity index (χ4n) is 1.86. The number of nitrogens with zero attached hydrogens (tertiary/aromatic N) is 2. The zero-order valence-electron chi connectivity index (χ0n) is 9.98. The first-order chi connectivity index (χ1) is 7.99. The van der Waals surface area contributed by atoms with Crippen molar-refractivity contribution in [3.05, 3.63) is 35.9 Å². The molecule has 1 aliphatic heterocycles. The summed E-state index contributed by atoms with van der Waals surface area (Å²) in [6.07, 6.45) is 0.513. The van der Waals surface area contributed by atoms with Crippen molar-refractivity contribution >= 4 is 22.7 Å². The molecule has 4 heteroatoms. The smallest absolute Gasteiger partial charge is 0.249 e. The van der Waals surface area contributed by atoms with Gasteiger partial charge in [-0.25, -0.2) is 5.01 Å². The zero-order chi connectivity index (χ0) is 12.5. The summed E-state index contributed by atoms with van der Waals surface area (Å²) >= 11 is 5.98. The van der Waals surface area contributed by atoms with Crippen LogP contribution in [0.25, 0.3) is 0 Å². The quantitative estimate of drug-likeness (QED) is 0.794. The van der Waals surface area contributed by atoms with Gasteiger partial charge in [0.2, 0.25) is 5.91 Å². The first-order valence-corrected chi connectivity index (χ1v) is 5.96. The molecule has 0 bridgehead atoms. The van der Waals surface area contributed by atoms with Crippen molar-refractivity contribution in [1.82, 2.24) is 5.01 Å². The summed E-state index contributed by atoms with van der Waals surface area (Å²) in [5.74, 6) is 0.0192. The number of amides is 1. The van der Waals surface area contributed by atoms with Crippen LogP contribution >= 0.6 is 11.6 Å². The molecule has 2 rings (SSSR count). The van der Waals surface area contributed by atoms with E-state index >= 15 is 0 Å². The molecular weight excluding hydrogens is 236 g/mol. The van der Waals surface area contributed by atoms with Gasteiger partial charge in [0.25, 0.3) is 0 Å². The molecule has 0 saturated heterocycles. The Morgan fingerprint density at radius 3 is 2.65 bits per heavy atom. The number of halogens is 1. The molecule has 0 saturated carbocycles. The van der Waals surface area contributed by atoms with Gasteiger partial charge in [-0.15, -0.1) is 0 Å². The molecule has 0 spiro atoms. The topological polar surface area (TPSA) is 32.7 Å². The van der Waals surface area contributed by atoms with E-state index in [4.69, 9.17) is 11.6 Å². The third-order valence-electron chi connectivity index (χ3n) is 2.81. The first kappa shape index (κ1) is 12.1. The van der Waals surface area contributed by atoms with Crippen LogP contribution in [0.1, 0.15) is 25.8 Å². The van der Waals surface area contributed by atoms with Crippen LogP contribution in [-0.2, 0) is 11.3 Å². The summed E-state index contributed by atoms with van der Waals surface area (Å²) in [4.78, 5) is 12.2. The average molecular weight is 251 g/mol. The van der Waals surface area contributed by atoms with Crippen LogP contribution in [0.2, 0.25) is 0 Å². The van der Waals surface area contributed by atoms with Crippen molar-refractivity contribution in [2.45, 2.75) is 26.8 Å². The van der Waals surface area contributed by atoms with Gasteiger partial charge in [-0.3, -0.25) is 4.79 Å². The molecule has 0 aromatic heterocycles. The monoisotopic (exact) mass is 250 g/mol. The molecule has 1 aromatic carbocycles. The SMILES string of the molecule is CC1(C)CC(Cl)=NN(Cc2ccccc2)C1=O. The maximum absolute atomic E-state index is 12.2. The molecule has 17 heavy (non-hydrogen) atoms. The van der Waals surface area contributed by atoms with Crippen LogP contribution in [0, 0.1) is 5.41 Å². The van der Waals surface area contributed by atoms with E-state index in [2.05, 4.69) is 5.10 Å². The summed E-state index contributed by atoms with van der Waals surface area (Å²) in [5, 5.41) is 6.07. The molecule has 0 atom stereocenters. The average Bonchev–Trinajstić information content (AvgIpc) is 2.26. The van der Waals surface area contributed by atoms with E-state index in [0.717, 1.165) is 5.56 Å². The molecule has 1 aromatic rings. The maximum atomic E-state index is 12.2. The summed E-state index contributed by atoms with van der Waals surface area (Å²) in [7, 11) is 0. The lowest BCUT2D eigenvalue weighted by Crippen LogP contribution is -2.42. The Labute approximate surface area is 106 Å². The first-order valence-electron chi connectivity index (χ1n) is 5.58. The molecule has 1 aliphatic rings. The van der Waals surface area contributed by atoms with Crippen LogP contribution in [0.15, 0.2) is 35.4 Å². The maximum Gasteiger partial charge on any atom is 0.249 e. The Balaban J connectivity index is 2.21. The predicted molar refractivity (Wildman–Crippen MR) is 68.7 cm³/mol. The number of carbonyl (C=O) groups excluding carboxylic acids is 1. The Hall–Kier alpha value is -1.35. The third-order valence-corrected chi connectivity index (χ3v) is 3.01. The molecule has 90 valence electrons. The van der Waals surface area contributed by atoms with E-state index in [1.165, 1.54) is 5.01 Å². The number of hydrogen-bond donors (Lipinski definition) is 0. The fourth-order valence-corrected chi connectivity index (χ4v) is 2.29. The minimum atomic E-state index is -0.465. The van der Waals surface area contributed by atoms with Gasteiger partial charge in [-0.05, 0) is 5.56 Å². The van der Waals surface area contributed by atoms with Crippen LogP contribution < -0.4 is 0 Å². The normalized spacial score (nSPS) is 19.1. The third kappa shape index (κ3) is 2.67. The van der Waals surface area contributed by atoms with Crippen molar-refractivity contribution < 1.29 is 4.79 Å². The van der Waals surface area contributed by atoms with Gasteiger partial charge in [-0.2, -0.15) is 5.10 Å². The molecular formula is C13H15ClN2O. The summed E-state index contributed by atoms with van der Waals surface area (Å²) in [5.41, 5.74) is 0.583. The van der Waals surface area contributed by atoms with Crippen LogP contribution in [0.5, 0.6) is 0 Å². The zero-order valence-corrected chi connectivity index (χ0v) is 10.7. The number of rotatable bonds is 2. The second-order valence-corrected chi connectivity index (χ2v) is 5.32. The molecule has 0 unspecified atom stereocenters. The highest BCUT2D eigenvalue weighted by atomic mass is 35.5. The Kier molecular flexibility index (Phi) is 3.20. The van der Waals surface area contributed by atoms with E-state index in [9.17, 15) is 4.79 Å². The van der Waals surface area contributed by atoms with E-state index in [1.54, 1.807) is 0 Å². The Morgan fingerprint density at radius 2 is 2.00 bits per heavy atom. The molecule has 1 heterocycles. The van der Waals surface area contributed by atoms with E-state index in [1.807, 2.05) is 44.2 Å². The summed E-state index contributed by atoms with van der Waals surface area (Å²) in [6, 6.07) is 9.78. The molecule has 3 nitrogen and oxygen atoms in total. The highest BCUT2D eigenvalue weighted by Crippen LogP contribution is 2.30. The largest absolute Gasteiger partial charge is 0.272 e. The number of benzene rings is 1. The summed E-state index contributed by atoms with van der Waals surface area (Å²) < 4.78 is 0. The van der Waals surface area contributed by atoms with Crippen molar-refractivity contribution in [1.29, 1.82) is 0 Å². The second-order valence-electron chi connectivity index (χ2n) is 4.89. The van der Waals surface area contributed by atoms with Gasteiger partial charge in [0.15, 0.2) is 0 Å². The minimum absolute atomic E-state index is 0.0192. The highest BCUT2D eigenvalue weighted by Gasteiger charge is 2.37. The van der Waals surface area contributed by atoms with Gasteiger partial charge in [0.05, 0.1) is 12.0 Å². The Bertz CT molecular complexity index is 454. The molecule has 0 fully saturated rings. The van der Waals surface area contributed by atoms with E-state index < -0.39 is 5.41 Å². The second kappa shape index (κ2) is 4.49. The van der Waals surface area contributed by atoms with Gasteiger partial charge < -0.3 is 0 Å². The number of hydrazone groups is 1. The van der Waals surface area contributed by atoms with Gasteiger partial charge in [-0.1, -0.05) is 55.8 Å². The van der Waals surface area contributed by atoms with Gasteiger partial charge in [0.1, 0.15) is 5.17 Å². The lowest BCUT2D eigenvalue weighted by molar-refractivity contribution is -0.141. The molecule has 0 aliphatic carbocycles. The Morgan fingerprint density at radius 1 is 1.35 bits per heavy atom. The summed E-state index contributed by atoms with van der Waals surface area (Å²) in [6.45, 7) is 4.26. The van der Waals surface area contributed by atoms with Gasteiger partial charge >= 0.3 is 0 Å². The van der Waals surface area contributed by atoms with Crippen molar-refractivity contribution in [3.63, 3.8) is 0 Å². The van der Waals surface area contributed by atoms with Crippen molar-refractivity contribution in [2.24, 2.45) is 10.5 Å². The molecule has 1 amide bonds. The highest BCUT2D eigenvalue weighted by molar-refractivity contribution is 6.65. The fraction of sp³-hybridized carbons (Fsp3) is 0.385. The van der Waals surface area contributed by atoms with Crippen molar-refractivity contribution in [2.75, 3.05) is 0 Å². The minimum Gasteiger partial charge on any atom is -0.272 e. The predicted octanol–water partition coefficient (Wildman–Crippen LogP) is 3.00. The number of carbonyl (C=O) groups is 1. The van der Waals surface area contributed by atoms with E-state index in [0.29, 0.717) is 18.1 Å².